The number of carbonyl (C=O) groups is 4. The molecule has 0 spiro atoms. The van der Waals surface area contributed by atoms with Gasteiger partial charge in [-0.2, -0.15) is 0 Å². The first-order chi connectivity index (χ1) is 21.9. The molecule has 3 aromatic rings. The van der Waals surface area contributed by atoms with Crippen molar-refractivity contribution in [2.45, 2.75) is 22.5 Å². The second kappa shape index (κ2) is 15.0. The van der Waals surface area contributed by atoms with Gasteiger partial charge in [-0.1, -0.05) is 5.16 Å². The van der Waals surface area contributed by atoms with Crippen LogP contribution in [0.1, 0.15) is 23.0 Å². The van der Waals surface area contributed by atoms with Crippen LogP contribution < -0.4 is 51.1 Å². The molecule has 1 aromatic carbocycles. The van der Waals surface area contributed by atoms with Crippen LogP contribution >= 0.6 is 46.2 Å². The van der Waals surface area contributed by atoms with Crippen molar-refractivity contribution in [3.8, 4) is 0 Å². The first kappa shape index (κ1) is 36.7. The monoisotopic (exact) mass is 737 g/mol. The summed E-state index contributed by atoms with van der Waals surface area (Å²) < 4.78 is 46.8. The molecule has 0 saturated carbocycles. The van der Waals surface area contributed by atoms with Gasteiger partial charge in [-0.3, -0.25) is 19.3 Å². The van der Waals surface area contributed by atoms with E-state index >= 15 is 0 Å². The van der Waals surface area contributed by atoms with Crippen molar-refractivity contribution in [1.29, 1.82) is 0 Å². The zero-order chi connectivity index (χ0) is 33.4. The fraction of sp³-hybridized carbons (Fsp3) is 0.269. The molecule has 13 nitrogen and oxygen atoms in total. The second-order valence-electron chi connectivity index (χ2n) is 9.26. The Morgan fingerprint density at radius 1 is 1.26 bits per heavy atom. The third kappa shape index (κ3) is 6.90. The van der Waals surface area contributed by atoms with Gasteiger partial charge in [0.25, 0.3) is 11.8 Å². The molecule has 2 amide bonds. The third-order valence-corrected chi connectivity index (χ3v) is 11.1. The van der Waals surface area contributed by atoms with Gasteiger partial charge in [-0.15, -0.1) is 46.2 Å². The first-order valence-electron chi connectivity index (χ1n) is 12.8. The van der Waals surface area contributed by atoms with E-state index in [2.05, 4.69) is 15.5 Å². The molecular weight excluding hydrogens is 719 g/mol. The number of nitrogens with one attached hydrogen (secondary N) is 1. The van der Waals surface area contributed by atoms with Gasteiger partial charge in [0.05, 0.1) is 27.2 Å². The van der Waals surface area contributed by atoms with E-state index in [9.17, 15) is 42.3 Å². The molecule has 0 unspecified atom stereocenters. The van der Waals surface area contributed by atoms with Crippen LogP contribution in [0.4, 0.5) is 18.3 Å². The van der Waals surface area contributed by atoms with Gasteiger partial charge in [-0.25, -0.2) is 22.9 Å². The van der Waals surface area contributed by atoms with Crippen molar-refractivity contribution in [2.24, 2.45) is 5.16 Å². The van der Waals surface area contributed by atoms with Crippen LogP contribution in [0.2, 0.25) is 0 Å². The number of rotatable bonds is 10. The first-order valence-corrected chi connectivity index (χ1v) is 16.6. The molecular formula is C26H19F3N5NaO8S4. The molecule has 1 saturated heterocycles. The van der Waals surface area contributed by atoms with Gasteiger partial charge >= 0.3 is 35.5 Å². The Labute approximate surface area is 301 Å². The summed E-state index contributed by atoms with van der Waals surface area (Å²) in [4.78, 5) is 73.9. The Hall–Kier alpha value is -3.14. The zero-order valence-corrected chi connectivity index (χ0v) is 29.6. The number of carboxylic acid groups (broad SMARTS) is 1. The Bertz CT molecular complexity index is 1940. The normalized spacial score (nSPS) is 17.5. The summed E-state index contributed by atoms with van der Waals surface area (Å²) in [5.41, 5.74) is 3.45. The number of esters is 1. The van der Waals surface area contributed by atoms with Crippen molar-refractivity contribution < 1.29 is 76.6 Å². The quantitative estimate of drug-likeness (QED) is 0.0464. The molecule has 0 aliphatic carbocycles. The molecule has 2 aliphatic heterocycles. The number of carboxylic acids is 1. The van der Waals surface area contributed by atoms with Gasteiger partial charge in [0.15, 0.2) is 28.3 Å². The third-order valence-electron chi connectivity index (χ3n) is 6.53. The van der Waals surface area contributed by atoms with Gasteiger partial charge in [0.2, 0.25) is 5.43 Å². The Kier molecular flexibility index (Phi) is 11.7. The summed E-state index contributed by atoms with van der Waals surface area (Å²) in [5, 5.41) is 18.6. The topological polar surface area (TPSA) is 193 Å². The molecule has 21 heteroatoms. The number of ether oxygens (including phenoxy) is 1. The van der Waals surface area contributed by atoms with Crippen LogP contribution in [0.15, 0.2) is 36.9 Å². The van der Waals surface area contributed by atoms with Crippen LogP contribution in [0, 0.1) is 17.5 Å². The second-order valence-corrected chi connectivity index (χ2v) is 13.5. The maximum atomic E-state index is 14.7. The molecule has 242 valence electrons. The van der Waals surface area contributed by atoms with Crippen LogP contribution in [0.5, 0.6) is 0 Å². The number of aliphatic carboxylic acids is 1. The van der Waals surface area contributed by atoms with Crippen LogP contribution in [-0.2, 0) is 24.0 Å². The molecule has 2 atom stereocenters. The number of fused-ring (bicyclic) bond motifs is 2. The van der Waals surface area contributed by atoms with Crippen molar-refractivity contribution in [3.05, 3.63) is 61.6 Å². The predicted octanol–water partition coefficient (Wildman–Crippen LogP) is -1.56. The number of thiazole rings is 1. The number of thioether (sulfide) groups is 2. The van der Waals surface area contributed by atoms with Crippen LogP contribution in [0.25, 0.3) is 10.1 Å². The number of nitrogens with zero attached hydrogens (tertiary/aromatic N) is 3. The smallest absolute Gasteiger partial charge is 0.543 e. The average Bonchev–Trinajstić information content (AvgIpc) is 3.45. The minimum atomic E-state index is -1.81. The molecule has 2 aliphatic rings. The predicted molar refractivity (Wildman–Crippen MR) is 162 cm³/mol. The number of halogens is 3. The van der Waals surface area contributed by atoms with E-state index in [1.54, 1.807) is 0 Å². The number of oxime groups is 1. The minimum absolute atomic E-state index is 0. The molecule has 1 fully saturated rings. The van der Waals surface area contributed by atoms with E-state index in [1.807, 2.05) is 0 Å². The van der Waals surface area contributed by atoms with Crippen molar-refractivity contribution in [1.82, 2.24) is 15.2 Å². The van der Waals surface area contributed by atoms with E-state index < -0.39 is 79.4 Å². The number of amides is 2. The van der Waals surface area contributed by atoms with Gasteiger partial charge < -0.3 is 30.5 Å². The number of carbonyl (C=O) groups excluding carboxylic acids is 4. The number of anilines is 1. The van der Waals surface area contributed by atoms with Crippen LogP contribution in [0.3, 0.4) is 0 Å². The fourth-order valence-corrected chi connectivity index (χ4v) is 8.99. The SMILES string of the molecule is CCOC(=O)c1c(SCC2=C(C(=O)[O-])N3C(=O)[C@@H](NC(=O)/C(=N\OC)c4csc(N)n4)[C@@H]3SC2)sc2c(F)c(F)c(F)cc2c1=O.[Na+]. The maximum Gasteiger partial charge on any atom is 1.00 e. The van der Waals surface area contributed by atoms with E-state index in [-0.39, 0.29) is 74.0 Å². The number of β-lactam (4-membered cyclic amide) rings is 1. The van der Waals surface area contributed by atoms with Gasteiger partial charge in [-0.05, 0) is 18.6 Å². The maximum absolute atomic E-state index is 14.7. The summed E-state index contributed by atoms with van der Waals surface area (Å²) in [5.74, 6) is -9.70. The van der Waals surface area contributed by atoms with E-state index in [0.29, 0.717) is 17.4 Å². The van der Waals surface area contributed by atoms with Gasteiger partial charge in [0.1, 0.15) is 29.8 Å². The molecule has 2 aromatic heterocycles. The Morgan fingerprint density at radius 2 is 1.98 bits per heavy atom. The zero-order valence-electron chi connectivity index (χ0n) is 24.4. The summed E-state index contributed by atoms with van der Waals surface area (Å²) in [7, 11) is 1.20. The number of benzene rings is 1. The van der Waals surface area contributed by atoms with Crippen molar-refractivity contribution >= 4 is 90.9 Å². The standard InChI is InChI=1S/C26H20F3N5O8S4.Na/c1-3-42-24(40)12-18(35)9-4-10(27)13(28)14(29)19(9)46-25(12)44-6-8-5-43-22-16(21(37)34(22)17(8)23(38)39)32-20(36)15(33-41-2)11-7-45-26(30)31-11;/h4,7,16,22H,3,5-6H2,1-2H3,(H2,30,31)(H,32,36)(H,38,39);/q;+1/p-1/b33-15-;/t16-,22+;/m1./s1. The number of nitrogens with two attached hydrogens (primary N) is 1. The number of nitrogen functional groups attached to an aromatic ring is 1. The summed E-state index contributed by atoms with van der Waals surface area (Å²) in [6.07, 6.45) is 0. The summed E-state index contributed by atoms with van der Waals surface area (Å²) >= 11 is 3.38. The summed E-state index contributed by atoms with van der Waals surface area (Å²) in [6, 6.07) is -0.669. The Morgan fingerprint density at radius 3 is 2.60 bits per heavy atom. The molecule has 4 heterocycles. The largest absolute Gasteiger partial charge is 1.00 e. The molecule has 0 radical (unpaired) electrons. The number of hydrogen-bond acceptors (Lipinski definition) is 15. The number of hydrogen-bond donors (Lipinski definition) is 2. The number of aromatic nitrogens is 1. The van der Waals surface area contributed by atoms with Crippen LogP contribution in [-0.4, -0.2) is 76.0 Å². The van der Waals surface area contributed by atoms with E-state index in [1.165, 1.54) is 19.4 Å². The fourth-order valence-electron chi connectivity index (χ4n) is 4.54. The molecule has 0 bridgehead atoms. The van der Waals surface area contributed by atoms with E-state index in [0.717, 1.165) is 39.8 Å². The van der Waals surface area contributed by atoms with Gasteiger partial charge in [0, 0.05) is 22.3 Å². The summed E-state index contributed by atoms with van der Waals surface area (Å²) in [6.45, 7) is 1.33. The Balaban J connectivity index is 0.00000500. The van der Waals surface area contributed by atoms with Crippen molar-refractivity contribution in [2.75, 3.05) is 31.0 Å². The molecule has 47 heavy (non-hydrogen) atoms. The van der Waals surface area contributed by atoms with Crippen molar-refractivity contribution in [3.63, 3.8) is 0 Å². The average molecular weight is 738 g/mol. The molecule has 3 N–H and O–H groups in total. The minimum Gasteiger partial charge on any atom is -0.543 e. The van der Waals surface area contributed by atoms with E-state index in [4.69, 9.17) is 15.3 Å². The molecule has 5 rings (SSSR count).